The quantitative estimate of drug-likeness (QED) is 0.385. The first-order chi connectivity index (χ1) is 15.5. The summed E-state index contributed by atoms with van der Waals surface area (Å²) in [5.41, 5.74) is 1.72. The van der Waals surface area contributed by atoms with Crippen LogP contribution in [-0.4, -0.2) is 37.5 Å². The van der Waals surface area contributed by atoms with Crippen molar-refractivity contribution in [2.75, 3.05) is 20.3 Å². The van der Waals surface area contributed by atoms with E-state index >= 15 is 0 Å². The molecule has 1 heterocycles. The maximum absolute atomic E-state index is 12.6. The lowest BCUT2D eigenvalue weighted by molar-refractivity contribution is -0.117. The molecule has 8 heteroatoms. The Morgan fingerprint density at radius 3 is 2.62 bits per heavy atom. The van der Waals surface area contributed by atoms with Gasteiger partial charge in [-0.1, -0.05) is 25.1 Å². The highest BCUT2D eigenvalue weighted by Gasteiger charge is 2.15. The zero-order valence-electron chi connectivity index (χ0n) is 18.0. The molecule has 0 bridgehead atoms. The van der Waals surface area contributed by atoms with Gasteiger partial charge < -0.3 is 18.6 Å². The van der Waals surface area contributed by atoms with Gasteiger partial charge in [-0.2, -0.15) is 0 Å². The Bertz CT molecular complexity index is 1030. The van der Waals surface area contributed by atoms with Crippen molar-refractivity contribution in [1.29, 1.82) is 0 Å². The van der Waals surface area contributed by atoms with Gasteiger partial charge in [-0.15, -0.1) is 0 Å². The van der Waals surface area contributed by atoms with Crippen LogP contribution in [0.4, 0.5) is 8.78 Å². The summed E-state index contributed by atoms with van der Waals surface area (Å²) in [4.78, 5) is 17.0. The number of ketones is 1. The lowest BCUT2D eigenvalue weighted by atomic mass is 10.1. The van der Waals surface area contributed by atoms with E-state index in [0.717, 1.165) is 6.42 Å². The molecule has 0 aliphatic rings. The highest BCUT2D eigenvalue weighted by molar-refractivity contribution is 5.83. The number of nitrogens with zero attached hydrogens (tertiary/aromatic N) is 1. The van der Waals surface area contributed by atoms with E-state index in [1.54, 1.807) is 49.6 Å². The smallest absolute Gasteiger partial charge is 0.272 e. The number of Topliss-reactive ketones (excluding diaryl/α,β-unsaturated/α-hetero) is 1. The number of oxazole rings is 1. The largest absolute Gasteiger partial charge is 0.493 e. The molecule has 0 saturated carbocycles. The predicted molar refractivity (Wildman–Crippen MR) is 115 cm³/mol. The third-order valence-electron chi connectivity index (χ3n) is 4.53. The van der Waals surface area contributed by atoms with Crippen molar-refractivity contribution in [2.24, 2.45) is 0 Å². The minimum atomic E-state index is -2.59. The molecule has 0 spiro atoms. The standard InChI is InChI=1S/C24H25F2NO5/c1-3-10-30-22-12-17(8-9-21(22)29-2)24-27-18(14-32-24)13-19(28)11-16-6-4-5-7-20(16)31-15-23(25)26/h4-9,12,14,23H,3,10-11,13,15H2,1-2H3. The number of rotatable bonds is 12. The van der Waals surface area contributed by atoms with E-state index in [1.807, 2.05) is 6.92 Å². The van der Waals surface area contributed by atoms with Gasteiger partial charge in [0, 0.05) is 17.5 Å². The van der Waals surface area contributed by atoms with Crippen LogP contribution < -0.4 is 14.2 Å². The minimum Gasteiger partial charge on any atom is -0.493 e. The number of hydrogen-bond acceptors (Lipinski definition) is 6. The molecular formula is C24H25F2NO5. The molecule has 0 aliphatic heterocycles. The van der Waals surface area contributed by atoms with Crippen LogP contribution >= 0.6 is 0 Å². The summed E-state index contributed by atoms with van der Waals surface area (Å²) >= 11 is 0. The second kappa shape index (κ2) is 11.3. The van der Waals surface area contributed by atoms with E-state index < -0.39 is 13.0 Å². The van der Waals surface area contributed by atoms with E-state index in [1.165, 1.54) is 6.26 Å². The first kappa shape index (κ1) is 23.2. The second-order valence-electron chi connectivity index (χ2n) is 7.06. The molecule has 0 fully saturated rings. The third kappa shape index (κ3) is 6.29. The summed E-state index contributed by atoms with van der Waals surface area (Å²) in [7, 11) is 1.57. The average molecular weight is 445 g/mol. The molecule has 0 atom stereocenters. The topological polar surface area (TPSA) is 70.8 Å². The Morgan fingerprint density at radius 2 is 1.88 bits per heavy atom. The van der Waals surface area contributed by atoms with Crippen LogP contribution in [0.2, 0.25) is 0 Å². The number of ether oxygens (including phenoxy) is 3. The molecule has 0 unspecified atom stereocenters. The van der Waals surface area contributed by atoms with Crippen LogP contribution in [0.5, 0.6) is 17.2 Å². The summed E-state index contributed by atoms with van der Waals surface area (Å²) in [6.45, 7) is 1.84. The molecule has 0 radical (unpaired) electrons. The van der Waals surface area contributed by atoms with Gasteiger partial charge >= 0.3 is 0 Å². The first-order valence-electron chi connectivity index (χ1n) is 10.3. The number of benzene rings is 2. The van der Waals surface area contributed by atoms with Crippen molar-refractivity contribution in [3.05, 3.63) is 60.0 Å². The summed E-state index contributed by atoms with van der Waals surface area (Å²) in [6, 6.07) is 12.0. The maximum atomic E-state index is 12.6. The van der Waals surface area contributed by atoms with Crippen molar-refractivity contribution in [1.82, 2.24) is 4.98 Å². The number of aromatic nitrogens is 1. The van der Waals surface area contributed by atoms with E-state index in [2.05, 4.69) is 4.98 Å². The van der Waals surface area contributed by atoms with E-state index in [4.69, 9.17) is 18.6 Å². The van der Waals surface area contributed by atoms with Gasteiger partial charge in [0.2, 0.25) is 5.89 Å². The van der Waals surface area contributed by atoms with Crippen LogP contribution in [-0.2, 0) is 17.6 Å². The number of alkyl halides is 2. The normalized spacial score (nSPS) is 10.9. The molecule has 0 saturated heterocycles. The summed E-state index contributed by atoms with van der Waals surface area (Å²) in [5, 5.41) is 0. The zero-order chi connectivity index (χ0) is 22.9. The van der Waals surface area contributed by atoms with Crippen LogP contribution in [0, 0.1) is 0 Å². The van der Waals surface area contributed by atoms with Gasteiger partial charge in [0.05, 0.1) is 25.8 Å². The van der Waals surface area contributed by atoms with Gasteiger partial charge in [-0.3, -0.25) is 4.79 Å². The number of carbonyl (C=O) groups is 1. The Kier molecular flexibility index (Phi) is 8.19. The number of methoxy groups -OCH3 is 1. The fourth-order valence-electron chi connectivity index (χ4n) is 3.08. The number of carbonyl (C=O) groups excluding carboxylic acids is 1. The fourth-order valence-corrected chi connectivity index (χ4v) is 3.08. The summed E-state index contributed by atoms with van der Waals surface area (Å²) in [6.07, 6.45) is -0.211. The molecule has 0 aliphatic carbocycles. The van der Waals surface area contributed by atoms with Gasteiger partial charge in [-0.05, 0) is 30.7 Å². The Balaban J connectivity index is 1.67. The summed E-state index contributed by atoms with van der Waals surface area (Å²) in [5.74, 6) is 1.69. The van der Waals surface area contributed by atoms with E-state index in [0.29, 0.717) is 40.8 Å². The second-order valence-corrected chi connectivity index (χ2v) is 7.06. The molecule has 2 aromatic carbocycles. The number of halogens is 2. The van der Waals surface area contributed by atoms with Crippen molar-refractivity contribution in [3.63, 3.8) is 0 Å². The molecule has 170 valence electrons. The third-order valence-corrected chi connectivity index (χ3v) is 4.53. The molecule has 3 aromatic rings. The van der Waals surface area contributed by atoms with Crippen molar-refractivity contribution in [3.8, 4) is 28.7 Å². The minimum absolute atomic E-state index is 0.0408. The van der Waals surface area contributed by atoms with Gasteiger partial charge in [0.25, 0.3) is 6.43 Å². The SMILES string of the molecule is CCCOc1cc(-c2nc(CC(=O)Cc3ccccc3OCC(F)F)co2)ccc1OC. The number of hydrogen-bond donors (Lipinski definition) is 0. The maximum Gasteiger partial charge on any atom is 0.272 e. The Morgan fingerprint density at radius 1 is 1.06 bits per heavy atom. The van der Waals surface area contributed by atoms with Crippen LogP contribution in [0.25, 0.3) is 11.5 Å². The van der Waals surface area contributed by atoms with Crippen molar-refractivity contribution >= 4 is 5.78 Å². The highest BCUT2D eigenvalue weighted by atomic mass is 19.3. The highest BCUT2D eigenvalue weighted by Crippen LogP contribution is 2.32. The Labute approximate surface area is 185 Å². The lowest BCUT2D eigenvalue weighted by Crippen LogP contribution is -2.11. The average Bonchev–Trinajstić information content (AvgIpc) is 3.25. The van der Waals surface area contributed by atoms with Gasteiger partial charge in [0.15, 0.2) is 11.5 Å². The molecule has 0 amide bonds. The van der Waals surface area contributed by atoms with Gasteiger partial charge in [-0.25, -0.2) is 13.8 Å². The monoisotopic (exact) mass is 445 g/mol. The van der Waals surface area contributed by atoms with E-state index in [-0.39, 0.29) is 24.4 Å². The van der Waals surface area contributed by atoms with Crippen LogP contribution in [0.15, 0.2) is 53.1 Å². The lowest BCUT2D eigenvalue weighted by Gasteiger charge is -2.10. The van der Waals surface area contributed by atoms with Crippen molar-refractivity contribution < 1.29 is 32.2 Å². The zero-order valence-corrected chi connectivity index (χ0v) is 18.0. The predicted octanol–water partition coefficient (Wildman–Crippen LogP) is 5.14. The fraction of sp³-hybridized carbons (Fsp3) is 0.333. The van der Waals surface area contributed by atoms with Gasteiger partial charge in [0.1, 0.15) is 24.4 Å². The molecule has 6 nitrogen and oxygen atoms in total. The molecular weight excluding hydrogens is 420 g/mol. The molecule has 32 heavy (non-hydrogen) atoms. The molecule has 1 aromatic heterocycles. The Hall–Kier alpha value is -3.42. The van der Waals surface area contributed by atoms with Crippen LogP contribution in [0.3, 0.4) is 0 Å². The number of para-hydroxylation sites is 1. The van der Waals surface area contributed by atoms with Crippen LogP contribution in [0.1, 0.15) is 24.6 Å². The summed E-state index contributed by atoms with van der Waals surface area (Å²) < 4.78 is 46.6. The molecule has 0 N–H and O–H groups in total. The molecule has 3 rings (SSSR count). The van der Waals surface area contributed by atoms with E-state index in [9.17, 15) is 13.6 Å². The van der Waals surface area contributed by atoms with Crippen molar-refractivity contribution in [2.45, 2.75) is 32.6 Å². The first-order valence-corrected chi connectivity index (χ1v) is 10.3.